The van der Waals surface area contributed by atoms with Gasteiger partial charge in [-0.3, -0.25) is 4.79 Å². The molecule has 3 aromatic rings. The molecule has 0 bridgehead atoms. The third-order valence-electron chi connectivity index (χ3n) is 3.91. The number of halogens is 1. The van der Waals surface area contributed by atoms with Crippen molar-refractivity contribution in [2.45, 2.75) is 20.0 Å². The lowest BCUT2D eigenvalue weighted by Gasteiger charge is -2.12. The van der Waals surface area contributed by atoms with Crippen LogP contribution in [0.2, 0.25) is 0 Å². The van der Waals surface area contributed by atoms with Crippen molar-refractivity contribution in [2.75, 3.05) is 6.61 Å². The monoisotopic (exact) mass is 399 g/mol. The Morgan fingerprint density at radius 1 is 1.11 bits per heavy atom. The molecule has 0 aliphatic carbocycles. The van der Waals surface area contributed by atoms with Crippen LogP contribution in [0.15, 0.2) is 53.9 Å². The number of benzene rings is 2. The first-order valence-electron chi connectivity index (χ1n) is 8.67. The zero-order chi connectivity index (χ0) is 20.1. The van der Waals surface area contributed by atoms with E-state index in [9.17, 15) is 14.0 Å². The molecule has 0 amide bonds. The summed E-state index contributed by atoms with van der Waals surface area (Å²) in [6.07, 6.45) is -0.957. The molecular weight excluding hydrogens is 381 g/mol. The number of thiazole rings is 1. The highest BCUT2D eigenvalue weighted by atomic mass is 32.1. The molecule has 0 aliphatic heterocycles. The van der Waals surface area contributed by atoms with Gasteiger partial charge in [0.2, 0.25) is 5.78 Å². The third kappa shape index (κ3) is 4.61. The molecule has 0 N–H and O–H groups in total. The Labute approximate surface area is 165 Å². The average Bonchev–Trinajstić information content (AvgIpc) is 3.19. The minimum atomic E-state index is -0.957. The average molecular weight is 399 g/mol. The van der Waals surface area contributed by atoms with Crippen molar-refractivity contribution in [1.82, 2.24) is 4.98 Å². The van der Waals surface area contributed by atoms with Gasteiger partial charge in [-0.25, -0.2) is 14.2 Å². The second-order valence-electron chi connectivity index (χ2n) is 5.91. The van der Waals surface area contributed by atoms with Crippen LogP contribution in [0.4, 0.5) is 4.39 Å². The Hall–Kier alpha value is -3.06. The van der Waals surface area contributed by atoms with E-state index in [-0.39, 0.29) is 17.3 Å². The van der Waals surface area contributed by atoms with Gasteiger partial charge in [-0.1, -0.05) is 0 Å². The molecule has 5 nitrogen and oxygen atoms in total. The van der Waals surface area contributed by atoms with Crippen molar-refractivity contribution in [1.29, 1.82) is 0 Å². The summed E-state index contributed by atoms with van der Waals surface area (Å²) in [5.41, 5.74) is 1.23. The largest absolute Gasteiger partial charge is 0.494 e. The normalized spacial score (nSPS) is 11.7. The van der Waals surface area contributed by atoms with Crippen LogP contribution in [-0.2, 0) is 4.74 Å². The molecule has 1 aromatic heterocycles. The van der Waals surface area contributed by atoms with Gasteiger partial charge in [0.1, 0.15) is 16.6 Å². The van der Waals surface area contributed by atoms with E-state index in [0.29, 0.717) is 28.5 Å². The molecular formula is C21H18FNO4S. The summed E-state index contributed by atoms with van der Waals surface area (Å²) in [6.45, 7) is 3.93. The predicted molar refractivity (Wildman–Crippen MR) is 104 cm³/mol. The van der Waals surface area contributed by atoms with Crippen LogP contribution in [0.1, 0.15) is 34.7 Å². The van der Waals surface area contributed by atoms with E-state index in [1.165, 1.54) is 30.4 Å². The molecule has 7 heteroatoms. The fraction of sp³-hybridized carbons (Fsp3) is 0.190. The van der Waals surface area contributed by atoms with Crippen molar-refractivity contribution in [3.63, 3.8) is 0 Å². The SMILES string of the molecule is CCOc1ccc(C(=O)[C@H](C)OC(=O)c2csc(-c3ccc(F)cc3)n2)cc1. The first kappa shape index (κ1) is 19.7. The summed E-state index contributed by atoms with van der Waals surface area (Å²) < 4.78 is 23.6. The van der Waals surface area contributed by atoms with E-state index < -0.39 is 12.1 Å². The number of esters is 1. The number of ether oxygens (including phenoxy) is 2. The van der Waals surface area contributed by atoms with Gasteiger partial charge in [-0.2, -0.15) is 0 Å². The molecule has 3 rings (SSSR count). The molecule has 1 heterocycles. The van der Waals surface area contributed by atoms with Gasteiger partial charge >= 0.3 is 5.97 Å². The smallest absolute Gasteiger partial charge is 0.358 e. The summed E-state index contributed by atoms with van der Waals surface area (Å²) in [5, 5.41) is 2.12. The van der Waals surface area contributed by atoms with Crippen molar-refractivity contribution in [3.05, 3.63) is 71.0 Å². The molecule has 28 heavy (non-hydrogen) atoms. The Morgan fingerprint density at radius 3 is 2.43 bits per heavy atom. The molecule has 2 aromatic carbocycles. The zero-order valence-electron chi connectivity index (χ0n) is 15.3. The Morgan fingerprint density at radius 2 is 1.79 bits per heavy atom. The highest BCUT2D eigenvalue weighted by Gasteiger charge is 2.22. The van der Waals surface area contributed by atoms with Gasteiger partial charge in [0, 0.05) is 16.5 Å². The van der Waals surface area contributed by atoms with Crippen molar-refractivity contribution >= 4 is 23.1 Å². The molecule has 0 fully saturated rings. The van der Waals surface area contributed by atoms with Crippen LogP contribution in [0.5, 0.6) is 5.75 Å². The molecule has 0 unspecified atom stereocenters. The van der Waals surface area contributed by atoms with E-state index in [4.69, 9.17) is 9.47 Å². The standard InChI is InChI=1S/C21H18FNO4S/c1-3-26-17-10-6-14(7-11-17)19(24)13(2)27-21(25)18-12-28-20(23-18)15-4-8-16(22)9-5-15/h4-13H,3H2,1-2H3/t13-/m0/s1. The van der Waals surface area contributed by atoms with Crippen LogP contribution in [-0.4, -0.2) is 29.4 Å². The van der Waals surface area contributed by atoms with Crippen LogP contribution in [0.25, 0.3) is 10.6 Å². The second-order valence-corrected chi connectivity index (χ2v) is 6.77. The number of Topliss-reactive ketones (excluding diaryl/α,β-unsaturated/α-hetero) is 1. The summed E-state index contributed by atoms with van der Waals surface area (Å²) in [4.78, 5) is 29.0. The number of nitrogens with zero attached hydrogens (tertiary/aromatic N) is 1. The maximum atomic E-state index is 13.0. The number of rotatable bonds is 7. The van der Waals surface area contributed by atoms with Crippen molar-refractivity contribution in [2.24, 2.45) is 0 Å². The Balaban J connectivity index is 1.65. The van der Waals surface area contributed by atoms with Crippen LogP contribution in [0, 0.1) is 5.82 Å². The third-order valence-corrected chi connectivity index (χ3v) is 4.80. The Bertz CT molecular complexity index is 967. The maximum absolute atomic E-state index is 13.0. The van der Waals surface area contributed by atoms with Gasteiger partial charge in [0.15, 0.2) is 11.8 Å². The highest BCUT2D eigenvalue weighted by molar-refractivity contribution is 7.13. The van der Waals surface area contributed by atoms with Gasteiger partial charge in [-0.15, -0.1) is 11.3 Å². The number of hydrogen-bond donors (Lipinski definition) is 0. The minimum Gasteiger partial charge on any atom is -0.494 e. The topological polar surface area (TPSA) is 65.5 Å². The number of hydrogen-bond acceptors (Lipinski definition) is 6. The van der Waals surface area contributed by atoms with Crippen LogP contribution >= 0.6 is 11.3 Å². The van der Waals surface area contributed by atoms with Crippen LogP contribution in [0.3, 0.4) is 0 Å². The van der Waals surface area contributed by atoms with Crippen LogP contribution < -0.4 is 4.74 Å². The molecule has 144 valence electrons. The lowest BCUT2D eigenvalue weighted by Crippen LogP contribution is -2.24. The van der Waals surface area contributed by atoms with Gasteiger partial charge in [0.05, 0.1) is 6.61 Å². The van der Waals surface area contributed by atoms with E-state index in [0.717, 1.165) is 0 Å². The highest BCUT2D eigenvalue weighted by Crippen LogP contribution is 2.24. The molecule has 0 saturated carbocycles. The molecule has 0 saturated heterocycles. The molecule has 0 radical (unpaired) electrons. The molecule has 0 aliphatic rings. The van der Waals surface area contributed by atoms with E-state index in [1.807, 2.05) is 6.92 Å². The molecule has 1 atom stereocenters. The van der Waals surface area contributed by atoms with Gasteiger partial charge < -0.3 is 9.47 Å². The minimum absolute atomic E-state index is 0.107. The summed E-state index contributed by atoms with van der Waals surface area (Å²) in [5.74, 6) is -0.678. The lowest BCUT2D eigenvalue weighted by molar-refractivity contribution is 0.0314. The van der Waals surface area contributed by atoms with E-state index in [1.54, 1.807) is 41.8 Å². The second kappa shape index (κ2) is 8.75. The fourth-order valence-electron chi connectivity index (χ4n) is 2.48. The van der Waals surface area contributed by atoms with Gasteiger partial charge in [0.25, 0.3) is 0 Å². The number of carbonyl (C=O) groups excluding carboxylic acids is 2. The first-order valence-corrected chi connectivity index (χ1v) is 9.55. The van der Waals surface area contributed by atoms with Gasteiger partial charge in [-0.05, 0) is 62.4 Å². The van der Waals surface area contributed by atoms with Crippen molar-refractivity contribution in [3.8, 4) is 16.3 Å². The Kier molecular flexibility index (Phi) is 6.16. The van der Waals surface area contributed by atoms with E-state index in [2.05, 4.69) is 4.98 Å². The zero-order valence-corrected chi connectivity index (χ0v) is 16.2. The fourth-order valence-corrected chi connectivity index (χ4v) is 3.28. The molecule has 0 spiro atoms. The van der Waals surface area contributed by atoms with Crippen molar-refractivity contribution < 1.29 is 23.5 Å². The summed E-state index contributed by atoms with van der Waals surface area (Å²) in [6, 6.07) is 12.5. The summed E-state index contributed by atoms with van der Waals surface area (Å²) >= 11 is 1.24. The van der Waals surface area contributed by atoms with E-state index >= 15 is 0 Å². The lowest BCUT2D eigenvalue weighted by atomic mass is 10.1. The maximum Gasteiger partial charge on any atom is 0.358 e. The first-order chi connectivity index (χ1) is 13.5. The number of ketones is 1. The number of carbonyl (C=O) groups is 2. The predicted octanol–water partition coefficient (Wildman–Crippen LogP) is 4.78. The summed E-state index contributed by atoms with van der Waals surface area (Å²) in [7, 11) is 0. The quantitative estimate of drug-likeness (QED) is 0.423. The number of aromatic nitrogens is 1.